The van der Waals surface area contributed by atoms with Gasteiger partial charge >= 0.3 is 12.1 Å². The van der Waals surface area contributed by atoms with Crippen LogP contribution < -0.4 is 10.6 Å². The topological polar surface area (TPSA) is 140 Å². The van der Waals surface area contributed by atoms with Crippen LogP contribution in [0.5, 0.6) is 5.75 Å². The molecule has 10 heteroatoms. The molecular weight excluding hydrogens is 478 g/mol. The van der Waals surface area contributed by atoms with Crippen molar-refractivity contribution in [1.82, 2.24) is 15.6 Å². The van der Waals surface area contributed by atoms with E-state index in [1.54, 1.807) is 39.0 Å². The van der Waals surface area contributed by atoms with E-state index in [4.69, 9.17) is 13.9 Å². The predicted molar refractivity (Wildman–Crippen MR) is 137 cm³/mol. The molecule has 0 fully saturated rings. The molecule has 1 aromatic carbocycles. The van der Waals surface area contributed by atoms with Gasteiger partial charge in [-0.25, -0.2) is 14.6 Å². The van der Waals surface area contributed by atoms with E-state index in [0.29, 0.717) is 24.2 Å². The molecule has 2 aromatic rings. The molecule has 0 saturated carbocycles. The molecule has 2 atom stereocenters. The van der Waals surface area contributed by atoms with Crippen LogP contribution in [-0.4, -0.2) is 46.8 Å². The normalized spacial score (nSPS) is 12.9. The van der Waals surface area contributed by atoms with Gasteiger partial charge in [-0.3, -0.25) is 4.79 Å². The Labute approximate surface area is 217 Å². The number of alkyl carbamates (subject to hydrolysis) is 1. The number of carbonyl (C=O) groups is 3. The molecule has 1 aromatic heterocycles. The summed E-state index contributed by atoms with van der Waals surface area (Å²) >= 11 is 0. The quantitative estimate of drug-likeness (QED) is 0.298. The molecule has 1 heterocycles. The summed E-state index contributed by atoms with van der Waals surface area (Å²) in [7, 11) is 1.26. The molecule has 0 radical (unpaired) electrons. The summed E-state index contributed by atoms with van der Waals surface area (Å²) in [6, 6.07) is 4.62. The average Bonchev–Trinajstić information content (AvgIpc) is 3.23. The average molecular weight is 516 g/mol. The van der Waals surface area contributed by atoms with Crippen LogP contribution in [0.2, 0.25) is 0 Å². The van der Waals surface area contributed by atoms with Crippen molar-refractivity contribution in [3.8, 4) is 5.75 Å². The minimum atomic E-state index is -1.00. The van der Waals surface area contributed by atoms with Crippen LogP contribution in [0, 0.1) is 5.92 Å². The van der Waals surface area contributed by atoms with Crippen molar-refractivity contribution in [1.29, 1.82) is 0 Å². The van der Waals surface area contributed by atoms with Crippen LogP contribution in [0.3, 0.4) is 0 Å². The van der Waals surface area contributed by atoms with Gasteiger partial charge in [0.25, 0.3) is 0 Å². The van der Waals surface area contributed by atoms with Gasteiger partial charge in [0, 0.05) is 12.8 Å². The van der Waals surface area contributed by atoms with E-state index < -0.39 is 35.7 Å². The highest BCUT2D eigenvalue weighted by molar-refractivity contribution is 5.88. The first-order valence-electron chi connectivity index (χ1n) is 12.1. The standard InChI is InChI=1S/C27H37N3O7/c1-8-9-10-20-22(25(33)35-7)30-24(36-20)21(16(2)3)29-23(32)19(28-26(34)37-27(4,5)6)15-17-11-13-18(31)14-12-17/h8,11-14,16,19,21,31H,1,9-10,15H2,2-7H3,(H,28,34)(H,29,32). The number of benzene rings is 1. The summed E-state index contributed by atoms with van der Waals surface area (Å²) in [5.41, 5.74) is 0.00612. The number of phenolic OH excluding ortho intramolecular Hbond substituents is 1. The monoisotopic (exact) mass is 515 g/mol. The maximum absolute atomic E-state index is 13.5. The maximum Gasteiger partial charge on any atom is 0.408 e. The van der Waals surface area contributed by atoms with Crippen molar-refractivity contribution < 1.29 is 33.4 Å². The number of aryl methyl sites for hydroxylation is 1. The number of carbonyl (C=O) groups excluding carboxylic acids is 3. The molecule has 0 bridgehead atoms. The van der Waals surface area contributed by atoms with Crippen LogP contribution in [0.15, 0.2) is 41.3 Å². The molecule has 0 aliphatic carbocycles. The number of nitrogens with zero attached hydrogens (tertiary/aromatic N) is 1. The van der Waals surface area contributed by atoms with Crippen molar-refractivity contribution in [2.24, 2.45) is 5.92 Å². The summed E-state index contributed by atoms with van der Waals surface area (Å²) in [6.45, 7) is 12.6. The zero-order valence-electron chi connectivity index (χ0n) is 22.3. The highest BCUT2D eigenvalue weighted by atomic mass is 16.6. The van der Waals surface area contributed by atoms with Gasteiger partial charge < -0.3 is 29.6 Å². The summed E-state index contributed by atoms with van der Waals surface area (Å²) in [5, 5.41) is 15.1. The van der Waals surface area contributed by atoms with Crippen molar-refractivity contribution in [2.75, 3.05) is 7.11 Å². The zero-order chi connectivity index (χ0) is 27.8. The van der Waals surface area contributed by atoms with Gasteiger partial charge in [0.2, 0.25) is 11.8 Å². The van der Waals surface area contributed by atoms with Gasteiger partial charge in [-0.2, -0.15) is 0 Å². The number of aromatic nitrogens is 1. The van der Waals surface area contributed by atoms with Gasteiger partial charge in [-0.1, -0.05) is 32.1 Å². The van der Waals surface area contributed by atoms with Gasteiger partial charge in [0.15, 0.2) is 5.69 Å². The molecular formula is C27H37N3O7. The molecule has 2 unspecified atom stereocenters. The second kappa shape index (κ2) is 12.9. The maximum atomic E-state index is 13.5. The van der Waals surface area contributed by atoms with Crippen LogP contribution in [-0.2, 0) is 27.1 Å². The number of rotatable bonds is 11. The van der Waals surface area contributed by atoms with Crippen LogP contribution in [0.4, 0.5) is 4.79 Å². The Morgan fingerprint density at radius 2 is 1.81 bits per heavy atom. The van der Waals surface area contributed by atoms with Gasteiger partial charge in [-0.05, 0) is 50.8 Å². The fourth-order valence-electron chi connectivity index (χ4n) is 3.46. The number of ether oxygens (including phenoxy) is 2. The molecule has 10 nitrogen and oxygen atoms in total. The lowest BCUT2D eigenvalue weighted by Crippen LogP contribution is -2.50. The number of oxazole rings is 1. The third-order valence-corrected chi connectivity index (χ3v) is 5.28. The smallest absolute Gasteiger partial charge is 0.408 e. The fraction of sp³-hybridized carbons (Fsp3) is 0.481. The molecule has 2 rings (SSSR count). The molecule has 2 amide bonds. The minimum Gasteiger partial charge on any atom is -0.508 e. The molecule has 0 aliphatic rings. The number of hydrogen-bond donors (Lipinski definition) is 3. The molecule has 3 N–H and O–H groups in total. The zero-order valence-corrected chi connectivity index (χ0v) is 22.3. The molecule has 0 spiro atoms. The summed E-state index contributed by atoms with van der Waals surface area (Å²) in [5.74, 6) is -0.723. The first-order chi connectivity index (χ1) is 17.3. The largest absolute Gasteiger partial charge is 0.508 e. The highest BCUT2D eigenvalue weighted by Gasteiger charge is 2.32. The number of hydrogen-bond acceptors (Lipinski definition) is 8. The predicted octanol–water partition coefficient (Wildman–Crippen LogP) is 4.23. The Bertz CT molecular complexity index is 1080. The number of allylic oxidation sites excluding steroid dienone is 1. The molecule has 202 valence electrons. The Kier molecular flexibility index (Phi) is 10.3. The molecule has 0 saturated heterocycles. The highest BCUT2D eigenvalue weighted by Crippen LogP contribution is 2.25. The van der Waals surface area contributed by atoms with E-state index in [0.717, 1.165) is 0 Å². The van der Waals surface area contributed by atoms with E-state index in [-0.39, 0.29) is 29.7 Å². The van der Waals surface area contributed by atoms with Crippen LogP contribution >= 0.6 is 0 Å². The minimum absolute atomic E-state index is 0.0479. The van der Waals surface area contributed by atoms with Crippen LogP contribution in [0.1, 0.15) is 74.8 Å². The lowest BCUT2D eigenvalue weighted by atomic mass is 10.0. The van der Waals surface area contributed by atoms with Gasteiger partial charge in [-0.15, -0.1) is 6.58 Å². The Morgan fingerprint density at radius 3 is 2.35 bits per heavy atom. The van der Waals surface area contributed by atoms with Crippen molar-refractivity contribution in [3.63, 3.8) is 0 Å². The van der Waals surface area contributed by atoms with E-state index in [2.05, 4.69) is 22.2 Å². The van der Waals surface area contributed by atoms with Crippen molar-refractivity contribution >= 4 is 18.0 Å². The van der Waals surface area contributed by atoms with Crippen molar-refractivity contribution in [3.05, 3.63) is 59.8 Å². The lowest BCUT2D eigenvalue weighted by molar-refractivity contribution is -0.124. The number of aromatic hydroxyl groups is 1. The summed E-state index contributed by atoms with van der Waals surface area (Å²) < 4.78 is 16.1. The second-order valence-corrected chi connectivity index (χ2v) is 9.94. The van der Waals surface area contributed by atoms with Gasteiger partial charge in [0.05, 0.1) is 7.11 Å². The fourth-order valence-corrected chi connectivity index (χ4v) is 3.46. The number of nitrogens with one attached hydrogen (secondary N) is 2. The summed E-state index contributed by atoms with van der Waals surface area (Å²) in [6.07, 6.45) is 2.04. The van der Waals surface area contributed by atoms with E-state index in [1.165, 1.54) is 19.2 Å². The molecule has 0 aliphatic heterocycles. The van der Waals surface area contributed by atoms with E-state index in [9.17, 15) is 19.5 Å². The Morgan fingerprint density at radius 1 is 1.16 bits per heavy atom. The van der Waals surface area contributed by atoms with Gasteiger partial charge in [0.1, 0.15) is 29.2 Å². The molecule has 37 heavy (non-hydrogen) atoms. The first-order valence-corrected chi connectivity index (χ1v) is 12.1. The van der Waals surface area contributed by atoms with Crippen molar-refractivity contribution in [2.45, 2.75) is 71.6 Å². The first kappa shape index (κ1) is 29.4. The SMILES string of the molecule is C=CCCc1oc(C(NC(=O)C(Cc2ccc(O)cc2)NC(=O)OC(C)(C)C)C(C)C)nc1C(=O)OC. The van der Waals surface area contributed by atoms with E-state index in [1.807, 2.05) is 13.8 Å². The third kappa shape index (κ3) is 8.96. The number of esters is 1. The summed E-state index contributed by atoms with van der Waals surface area (Å²) in [4.78, 5) is 42.6. The number of methoxy groups -OCH3 is 1. The lowest BCUT2D eigenvalue weighted by Gasteiger charge is -2.26. The van der Waals surface area contributed by atoms with Crippen LogP contribution in [0.25, 0.3) is 0 Å². The Balaban J connectivity index is 2.34. The van der Waals surface area contributed by atoms with E-state index >= 15 is 0 Å². The number of amides is 2. The third-order valence-electron chi connectivity index (χ3n) is 5.28. The Hall–Kier alpha value is -3.82. The second-order valence-electron chi connectivity index (χ2n) is 9.94. The number of phenols is 1.